The molecule has 0 fully saturated rings. The molecule has 0 N–H and O–H groups in total. The molecule has 0 amide bonds. The molecule has 0 atom stereocenters. The van der Waals surface area contributed by atoms with Crippen LogP contribution in [0.15, 0.2) is 6.07 Å². The quantitative estimate of drug-likeness (QED) is 0.549. The van der Waals surface area contributed by atoms with Crippen LogP contribution in [0.5, 0.6) is 0 Å². The fraction of sp³-hybridized carbons (Fsp3) is 0.125. The molecule has 0 aliphatic carbocycles. The van der Waals surface area contributed by atoms with E-state index in [0.29, 0.717) is 0 Å². The van der Waals surface area contributed by atoms with Gasteiger partial charge in [-0.15, -0.1) is 0 Å². The van der Waals surface area contributed by atoms with E-state index in [1.165, 1.54) is 13.0 Å². The average molecular weight is 171 g/mol. The third-order valence-corrected chi connectivity index (χ3v) is 1.45. The van der Waals surface area contributed by atoms with Gasteiger partial charge in [0.25, 0.3) is 0 Å². The second kappa shape index (κ2) is 2.86. The van der Waals surface area contributed by atoms with Gasteiger partial charge in [-0.05, 0) is 18.6 Å². The summed E-state index contributed by atoms with van der Waals surface area (Å²) in [4.78, 5) is 0. The Bertz CT molecular complexity index is 366. The van der Waals surface area contributed by atoms with E-state index in [0.717, 1.165) is 6.07 Å². The van der Waals surface area contributed by atoms with Crippen LogP contribution in [0.25, 0.3) is 0 Å². The zero-order valence-electron chi connectivity index (χ0n) is 6.16. The smallest absolute Gasteiger partial charge is 0.196 e. The van der Waals surface area contributed by atoms with E-state index in [-0.39, 0.29) is 5.56 Å². The molecule has 1 rings (SSSR count). The van der Waals surface area contributed by atoms with Gasteiger partial charge in [0.2, 0.25) is 0 Å². The molecular formula is C8H4F3N. The number of hydrogen-bond acceptors (Lipinski definition) is 1. The molecule has 0 heterocycles. The monoisotopic (exact) mass is 171 g/mol. The Balaban J connectivity index is 3.52. The molecule has 0 spiro atoms. The van der Waals surface area contributed by atoms with Gasteiger partial charge in [-0.3, -0.25) is 0 Å². The maximum atomic E-state index is 12.6. The number of hydrogen-bond donors (Lipinski definition) is 0. The van der Waals surface area contributed by atoms with Crippen molar-refractivity contribution in [3.8, 4) is 6.07 Å². The van der Waals surface area contributed by atoms with Crippen LogP contribution >= 0.6 is 0 Å². The van der Waals surface area contributed by atoms with Crippen LogP contribution in [-0.2, 0) is 0 Å². The first-order chi connectivity index (χ1) is 5.57. The van der Waals surface area contributed by atoms with E-state index in [9.17, 15) is 13.2 Å². The van der Waals surface area contributed by atoms with Crippen LogP contribution in [0.1, 0.15) is 11.1 Å². The molecule has 0 aliphatic heterocycles. The Hall–Kier alpha value is -1.50. The maximum Gasteiger partial charge on any atom is 0.196 e. The van der Waals surface area contributed by atoms with E-state index in [1.54, 1.807) is 0 Å². The van der Waals surface area contributed by atoms with Crippen LogP contribution in [0.4, 0.5) is 13.2 Å². The first-order valence-corrected chi connectivity index (χ1v) is 3.12. The van der Waals surface area contributed by atoms with Crippen molar-refractivity contribution in [2.24, 2.45) is 0 Å². The molecule has 1 aromatic carbocycles. The fourth-order valence-corrected chi connectivity index (χ4v) is 0.812. The summed E-state index contributed by atoms with van der Waals surface area (Å²) in [7, 11) is 0. The molecule has 0 unspecified atom stereocenters. The van der Waals surface area contributed by atoms with Crippen molar-refractivity contribution in [2.75, 3.05) is 0 Å². The zero-order valence-corrected chi connectivity index (χ0v) is 6.16. The number of halogens is 3. The highest BCUT2D eigenvalue weighted by atomic mass is 19.2. The maximum absolute atomic E-state index is 12.6. The van der Waals surface area contributed by atoms with Crippen LogP contribution in [0.3, 0.4) is 0 Å². The minimum absolute atomic E-state index is 0.0783. The fourth-order valence-electron chi connectivity index (χ4n) is 0.812. The lowest BCUT2D eigenvalue weighted by molar-refractivity contribution is 0.442. The van der Waals surface area contributed by atoms with E-state index >= 15 is 0 Å². The minimum Gasteiger partial charge on any atom is -0.203 e. The predicted octanol–water partition coefficient (Wildman–Crippen LogP) is 2.28. The van der Waals surface area contributed by atoms with Gasteiger partial charge in [0.1, 0.15) is 6.07 Å². The van der Waals surface area contributed by atoms with Crippen molar-refractivity contribution in [3.05, 3.63) is 34.6 Å². The third kappa shape index (κ3) is 1.14. The Morgan fingerprint density at radius 2 is 1.75 bits per heavy atom. The lowest BCUT2D eigenvalue weighted by Gasteiger charge is -2.00. The van der Waals surface area contributed by atoms with Crippen LogP contribution in [0.2, 0.25) is 0 Å². The van der Waals surface area contributed by atoms with Gasteiger partial charge in [0.05, 0.1) is 5.56 Å². The first kappa shape index (κ1) is 8.60. The molecular weight excluding hydrogens is 167 g/mol. The molecule has 0 aromatic heterocycles. The summed E-state index contributed by atoms with van der Waals surface area (Å²) in [5, 5.41) is 8.28. The van der Waals surface area contributed by atoms with Crippen LogP contribution < -0.4 is 0 Å². The summed E-state index contributed by atoms with van der Waals surface area (Å²) in [6.07, 6.45) is 0. The average Bonchev–Trinajstić information content (AvgIpc) is 2.08. The Morgan fingerprint density at radius 3 is 2.25 bits per heavy atom. The number of aryl methyl sites for hydroxylation is 1. The molecule has 4 heteroatoms. The minimum atomic E-state index is -1.59. The highest BCUT2D eigenvalue weighted by Crippen LogP contribution is 2.17. The second-order valence-electron chi connectivity index (χ2n) is 2.29. The summed E-state index contributed by atoms with van der Waals surface area (Å²) in [5.41, 5.74) is -0.558. The number of nitriles is 1. The highest BCUT2D eigenvalue weighted by molar-refractivity contribution is 5.35. The van der Waals surface area contributed by atoms with Gasteiger partial charge >= 0.3 is 0 Å². The normalized spacial score (nSPS) is 9.58. The molecule has 12 heavy (non-hydrogen) atoms. The lowest BCUT2D eigenvalue weighted by Crippen LogP contribution is -1.97. The van der Waals surface area contributed by atoms with E-state index in [1.807, 2.05) is 0 Å². The SMILES string of the molecule is Cc1cc(C#N)c(F)c(F)c1F. The molecule has 1 aromatic rings. The Morgan fingerprint density at radius 1 is 1.17 bits per heavy atom. The standard InChI is InChI=1S/C8H4F3N/c1-4-2-5(3-12)7(10)8(11)6(4)9/h2H,1H3. The molecule has 62 valence electrons. The van der Waals surface area contributed by atoms with Crippen molar-refractivity contribution < 1.29 is 13.2 Å². The van der Waals surface area contributed by atoms with E-state index in [4.69, 9.17) is 5.26 Å². The summed E-state index contributed by atoms with van der Waals surface area (Å²) in [6, 6.07) is 2.39. The van der Waals surface area contributed by atoms with Crippen molar-refractivity contribution in [3.63, 3.8) is 0 Å². The third-order valence-electron chi connectivity index (χ3n) is 1.45. The van der Waals surface area contributed by atoms with Gasteiger partial charge < -0.3 is 0 Å². The van der Waals surface area contributed by atoms with Gasteiger partial charge in [-0.1, -0.05) is 0 Å². The predicted molar refractivity (Wildman–Crippen MR) is 35.8 cm³/mol. The van der Waals surface area contributed by atoms with Crippen LogP contribution in [0, 0.1) is 35.7 Å². The van der Waals surface area contributed by atoms with Crippen molar-refractivity contribution in [1.82, 2.24) is 0 Å². The lowest BCUT2D eigenvalue weighted by atomic mass is 10.1. The highest BCUT2D eigenvalue weighted by Gasteiger charge is 2.15. The first-order valence-electron chi connectivity index (χ1n) is 3.12. The van der Waals surface area contributed by atoms with Crippen LogP contribution in [-0.4, -0.2) is 0 Å². The van der Waals surface area contributed by atoms with Crippen molar-refractivity contribution in [1.29, 1.82) is 5.26 Å². The number of rotatable bonds is 0. The number of benzene rings is 1. The number of nitrogens with zero attached hydrogens (tertiary/aromatic N) is 1. The molecule has 0 saturated heterocycles. The topological polar surface area (TPSA) is 23.8 Å². The molecule has 0 radical (unpaired) electrons. The molecule has 0 aliphatic rings. The van der Waals surface area contributed by atoms with Gasteiger partial charge in [0.15, 0.2) is 17.5 Å². The Labute approximate surface area is 67.1 Å². The van der Waals surface area contributed by atoms with Crippen molar-refractivity contribution in [2.45, 2.75) is 6.92 Å². The zero-order chi connectivity index (χ0) is 9.30. The van der Waals surface area contributed by atoms with E-state index < -0.39 is 23.0 Å². The van der Waals surface area contributed by atoms with Gasteiger partial charge in [0, 0.05) is 0 Å². The summed E-state index contributed by atoms with van der Waals surface area (Å²) in [6.45, 7) is 1.26. The summed E-state index contributed by atoms with van der Waals surface area (Å²) >= 11 is 0. The largest absolute Gasteiger partial charge is 0.203 e. The molecule has 0 bridgehead atoms. The van der Waals surface area contributed by atoms with Crippen molar-refractivity contribution >= 4 is 0 Å². The molecule has 1 nitrogen and oxygen atoms in total. The van der Waals surface area contributed by atoms with Gasteiger partial charge in [-0.2, -0.15) is 5.26 Å². The summed E-state index contributed by atoms with van der Waals surface area (Å²) < 4.78 is 37.7. The van der Waals surface area contributed by atoms with E-state index in [2.05, 4.69) is 0 Å². The summed E-state index contributed by atoms with van der Waals surface area (Å²) in [5.74, 6) is -4.27. The molecule has 0 saturated carbocycles. The Kier molecular flexibility index (Phi) is 2.05. The van der Waals surface area contributed by atoms with Gasteiger partial charge in [-0.25, -0.2) is 13.2 Å². The second-order valence-corrected chi connectivity index (χ2v) is 2.29.